The molecule has 1 aromatic heterocycles. The minimum absolute atomic E-state index is 0.123. The lowest BCUT2D eigenvalue weighted by Gasteiger charge is -2.13. The fourth-order valence-electron chi connectivity index (χ4n) is 1.87. The van der Waals surface area contributed by atoms with Crippen molar-refractivity contribution in [2.24, 2.45) is 0 Å². The largest absolute Gasteiger partial charge is 0.307 e. The van der Waals surface area contributed by atoms with Gasteiger partial charge in [0.25, 0.3) is 0 Å². The monoisotopic (exact) mass is 279 g/mol. The first kappa shape index (κ1) is 14.0. The van der Waals surface area contributed by atoms with Crippen molar-refractivity contribution in [2.75, 3.05) is 6.54 Å². The Morgan fingerprint density at radius 2 is 2.16 bits per heavy atom. The van der Waals surface area contributed by atoms with Crippen LogP contribution in [0.1, 0.15) is 37.7 Å². The summed E-state index contributed by atoms with van der Waals surface area (Å²) in [5.41, 5.74) is 1.01. The van der Waals surface area contributed by atoms with Crippen molar-refractivity contribution in [1.29, 1.82) is 0 Å². The van der Waals surface area contributed by atoms with Crippen LogP contribution in [0, 0.1) is 0 Å². The van der Waals surface area contributed by atoms with Gasteiger partial charge >= 0.3 is 0 Å². The lowest BCUT2D eigenvalue weighted by Crippen LogP contribution is -2.23. The second kappa shape index (κ2) is 6.63. The maximum atomic E-state index is 6.16. The van der Waals surface area contributed by atoms with Crippen molar-refractivity contribution in [3.8, 4) is 0 Å². The molecule has 1 aromatic carbocycles. The van der Waals surface area contributed by atoms with Crippen LogP contribution in [0.4, 0.5) is 0 Å². The number of tetrazole rings is 1. The number of nitrogens with zero attached hydrogens (tertiary/aromatic N) is 4. The zero-order valence-corrected chi connectivity index (χ0v) is 11.9. The fourth-order valence-corrected chi connectivity index (χ4v) is 2.07. The minimum Gasteiger partial charge on any atom is -0.307 e. The highest BCUT2D eigenvalue weighted by Crippen LogP contribution is 2.17. The summed E-state index contributed by atoms with van der Waals surface area (Å²) in [6, 6.07) is 7.86. The van der Waals surface area contributed by atoms with Gasteiger partial charge in [-0.1, -0.05) is 36.7 Å². The molecule has 1 unspecified atom stereocenters. The first-order chi connectivity index (χ1) is 9.22. The second-order valence-corrected chi connectivity index (χ2v) is 4.87. The normalized spacial score (nSPS) is 12.6. The van der Waals surface area contributed by atoms with E-state index in [0.717, 1.165) is 29.4 Å². The van der Waals surface area contributed by atoms with Gasteiger partial charge in [-0.25, -0.2) is 4.68 Å². The first-order valence-electron chi connectivity index (χ1n) is 6.45. The molecule has 102 valence electrons. The molecule has 1 atom stereocenters. The number of nitrogens with one attached hydrogen (secondary N) is 1. The van der Waals surface area contributed by atoms with Crippen LogP contribution >= 0.6 is 11.6 Å². The van der Waals surface area contributed by atoms with E-state index in [0.29, 0.717) is 6.54 Å². The predicted octanol–water partition coefficient (Wildman–Crippen LogP) is 2.44. The Hall–Kier alpha value is -1.46. The standard InChI is InChI=1S/C13H18ClN5/c1-3-8-15-10(2)13-16-17-18-19(13)9-11-6-4-5-7-12(11)14/h4-7,10,15H,3,8-9H2,1-2H3. The van der Waals surface area contributed by atoms with Gasteiger partial charge in [-0.3, -0.25) is 0 Å². The van der Waals surface area contributed by atoms with Crippen molar-refractivity contribution >= 4 is 11.6 Å². The Bertz CT molecular complexity index is 525. The number of aromatic nitrogens is 4. The highest BCUT2D eigenvalue weighted by atomic mass is 35.5. The van der Waals surface area contributed by atoms with Gasteiger partial charge in [-0.05, 0) is 41.9 Å². The van der Waals surface area contributed by atoms with Crippen LogP contribution in [0.2, 0.25) is 5.02 Å². The summed E-state index contributed by atoms with van der Waals surface area (Å²) in [5, 5.41) is 16.0. The third-order valence-electron chi connectivity index (χ3n) is 2.93. The van der Waals surface area contributed by atoms with Crippen LogP contribution in [0.5, 0.6) is 0 Å². The number of rotatable bonds is 6. The van der Waals surface area contributed by atoms with Crippen LogP contribution in [0.15, 0.2) is 24.3 Å². The molecule has 5 nitrogen and oxygen atoms in total. The summed E-state index contributed by atoms with van der Waals surface area (Å²) in [7, 11) is 0. The lowest BCUT2D eigenvalue weighted by atomic mass is 10.2. The molecule has 6 heteroatoms. The highest BCUT2D eigenvalue weighted by molar-refractivity contribution is 6.31. The molecule has 0 saturated carbocycles. The van der Waals surface area contributed by atoms with E-state index >= 15 is 0 Å². The first-order valence-corrected chi connectivity index (χ1v) is 6.83. The third-order valence-corrected chi connectivity index (χ3v) is 3.29. The smallest absolute Gasteiger partial charge is 0.168 e. The summed E-state index contributed by atoms with van der Waals surface area (Å²) >= 11 is 6.16. The average molecular weight is 280 g/mol. The van der Waals surface area contributed by atoms with E-state index in [1.54, 1.807) is 4.68 Å². The quantitative estimate of drug-likeness (QED) is 0.882. The Morgan fingerprint density at radius 1 is 1.37 bits per heavy atom. The molecule has 0 aliphatic carbocycles. The number of benzene rings is 1. The van der Waals surface area contributed by atoms with Crippen LogP contribution in [-0.2, 0) is 6.54 Å². The van der Waals surface area contributed by atoms with Gasteiger partial charge in [0.2, 0.25) is 0 Å². The predicted molar refractivity (Wildman–Crippen MR) is 75.1 cm³/mol. The summed E-state index contributed by atoms with van der Waals surface area (Å²) < 4.78 is 1.79. The molecule has 0 aliphatic rings. The Morgan fingerprint density at radius 3 is 2.89 bits per heavy atom. The number of hydrogen-bond donors (Lipinski definition) is 1. The minimum atomic E-state index is 0.123. The second-order valence-electron chi connectivity index (χ2n) is 4.46. The van der Waals surface area contributed by atoms with Gasteiger partial charge in [-0.15, -0.1) is 5.10 Å². The molecule has 0 spiro atoms. The highest BCUT2D eigenvalue weighted by Gasteiger charge is 2.14. The van der Waals surface area contributed by atoms with E-state index in [-0.39, 0.29) is 6.04 Å². The van der Waals surface area contributed by atoms with Gasteiger partial charge in [0.05, 0.1) is 12.6 Å². The lowest BCUT2D eigenvalue weighted by molar-refractivity contribution is 0.503. The van der Waals surface area contributed by atoms with E-state index < -0.39 is 0 Å². The Balaban J connectivity index is 2.14. The molecular formula is C13H18ClN5. The van der Waals surface area contributed by atoms with Crippen LogP contribution in [-0.4, -0.2) is 26.8 Å². The number of hydrogen-bond acceptors (Lipinski definition) is 4. The van der Waals surface area contributed by atoms with Crippen LogP contribution in [0.25, 0.3) is 0 Å². The van der Waals surface area contributed by atoms with Crippen molar-refractivity contribution < 1.29 is 0 Å². The summed E-state index contributed by atoms with van der Waals surface area (Å²) in [6.45, 7) is 5.72. The molecule has 0 aliphatic heterocycles. The average Bonchev–Trinajstić information content (AvgIpc) is 2.87. The summed E-state index contributed by atoms with van der Waals surface area (Å²) in [5.74, 6) is 0.827. The van der Waals surface area contributed by atoms with Crippen molar-refractivity contribution in [3.63, 3.8) is 0 Å². The van der Waals surface area contributed by atoms with Gasteiger partial charge in [0.1, 0.15) is 0 Å². The molecule has 0 amide bonds. The van der Waals surface area contributed by atoms with Gasteiger partial charge < -0.3 is 5.32 Å². The summed E-state index contributed by atoms with van der Waals surface area (Å²) in [4.78, 5) is 0. The molecule has 1 N–H and O–H groups in total. The molecular weight excluding hydrogens is 262 g/mol. The fraction of sp³-hybridized carbons (Fsp3) is 0.462. The van der Waals surface area contributed by atoms with E-state index in [1.807, 2.05) is 24.3 Å². The third kappa shape index (κ3) is 3.52. The topological polar surface area (TPSA) is 55.6 Å². The van der Waals surface area contributed by atoms with E-state index in [2.05, 4.69) is 34.7 Å². The number of halogens is 1. The van der Waals surface area contributed by atoms with E-state index in [4.69, 9.17) is 11.6 Å². The molecule has 0 radical (unpaired) electrons. The van der Waals surface area contributed by atoms with Crippen molar-refractivity contribution in [3.05, 3.63) is 40.7 Å². The van der Waals surface area contributed by atoms with Gasteiger partial charge in [-0.2, -0.15) is 0 Å². The molecule has 0 fully saturated rings. The zero-order chi connectivity index (χ0) is 13.7. The molecule has 0 saturated heterocycles. The van der Waals surface area contributed by atoms with E-state index in [9.17, 15) is 0 Å². The van der Waals surface area contributed by atoms with Crippen molar-refractivity contribution in [1.82, 2.24) is 25.5 Å². The summed E-state index contributed by atoms with van der Waals surface area (Å²) in [6.07, 6.45) is 1.08. The molecule has 19 heavy (non-hydrogen) atoms. The van der Waals surface area contributed by atoms with E-state index in [1.165, 1.54) is 0 Å². The molecule has 2 rings (SSSR count). The Kier molecular flexibility index (Phi) is 4.87. The van der Waals surface area contributed by atoms with Gasteiger partial charge in [0.15, 0.2) is 5.82 Å². The molecule has 2 aromatic rings. The van der Waals surface area contributed by atoms with Gasteiger partial charge in [0, 0.05) is 5.02 Å². The molecule has 1 heterocycles. The maximum Gasteiger partial charge on any atom is 0.168 e. The van der Waals surface area contributed by atoms with Crippen LogP contribution in [0.3, 0.4) is 0 Å². The molecule has 0 bridgehead atoms. The van der Waals surface area contributed by atoms with Crippen LogP contribution < -0.4 is 5.32 Å². The van der Waals surface area contributed by atoms with Crippen molar-refractivity contribution in [2.45, 2.75) is 32.9 Å². The zero-order valence-electron chi connectivity index (χ0n) is 11.2. The SMILES string of the molecule is CCCNC(C)c1nnnn1Cc1ccccc1Cl. The Labute approximate surface area is 118 Å². The maximum absolute atomic E-state index is 6.16.